The van der Waals surface area contributed by atoms with E-state index in [0.29, 0.717) is 6.29 Å². The van der Waals surface area contributed by atoms with E-state index in [0.717, 1.165) is 12.8 Å². The molecule has 0 rings (SSSR count). The van der Waals surface area contributed by atoms with Crippen molar-refractivity contribution in [2.45, 2.75) is 85.0 Å². The van der Waals surface area contributed by atoms with Crippen LogP contribution in [0.3, 0.4) is 0 Å². The lowest BCUT2D eigenvalue weighted by Crippen LogP contribution is -1.73. The van der Waals surface area contributed by atoms with Gasteiger partial charge in [-0.2, -0.15) is 0 Å². The van der Waals surface area contributed by atoms with Crippen molar-refractivity contribution in [3.8, 4) is 11.8 Å². The van der Waals surface area contributed by atoms with E-state index < -0.39 is 0 Å². The van der Waals surface area contributed by atoms with Gasteiger partial charge in [0.2, 0.25) is 0 Å². The van der Waals surface area contributed by atoms with Crippen molar-refractivity contribution in [1.82, 2.24) is 0 Å². The van der Waals surface area contributed by atoms with Crippen molar-refractivity contribution in [3.05, 3.63) is 0 Å². The average Bonchev–Trinajstić information content (AvgIpc) is 2.36. The molecule has 0 aliphatic carbocycles. The molecule has 1 nitrogen and oxygen atoms in total. The van der Waals surface area contributed by atoms with Crippen molar-refractivity contribution in [2.75, 3.05) is 0 Å². The van der Waals surface area contributed by atoms with Crippen molar-refractivity contribution in [3.63, 3.8) is 0 Å². The first-order valence-corrected chi connectivity index (χ1v) is 7.25. The zero-order chi connectivity index (χ0) is 13.2. The minimum Gasteiger partial charge on any atom is -0.289 e. The summed E-state index contributed by atoms with van der Waals surface area (Å²) in [6.07, 6.45) is 13.5. The summed E-state index contributed by atoms with van der Waals surface area (Å²) in [5.41, 5.74) is 0. The summed E-state index contributed by atoms with van der Waals surface area (Å²) in [5.74, 6) is 5.13. The highest BCUT2D eigenvalue weighted by molar-refractivity contribution is 5.72. The molecule has 0 fully saturated rings. The highest BCUT2D eigenvalue weighted by Gasteiger charge is 1.83. The Labute approximate surface area is 108 Å². The molecular formula is C16H30O. The second-order valence-corrected chi connectivity index (χ2v) is 4.31. The standard InChI is InChI=1S/C8H12O.C8H18/c1-2-3-4-5-6-7-8-9;1-3-5-7-8-6-4-2/h8H,2-5H2,1H3;3-8H2,1-2H3. The first-order valence-electron chi connectivity index (χ1n) is 7.25. The molecule has 0 amide bonds. The number of hydrogen-bond acceptors (Lipinski definition) is 1. The number of carbonyl (C=O) groups excluding carboxylic acids is 1. The fourth-order valence-electron chi connectivity index (χ4n) is 1.43. The highest BCUT2D eigenvalue weighted by Crippen LogP contribution is 2.03. The van der Waals surface area contributed by atoms with Gasteiger partial charge in [-0.1, -0.05) is 78.1 Å². The molecule has 0 spiro atoms. The van der Waals surface area contributed by atoms with Gasteiger partial charge in [0.15, 0.2) is 6.29 Å². The summed E-state index contributed by atoms with van der Waals surface area (Å²) in [6, 6.07) is 0. The minimum absolute atomic E-state index is 0.645. The van der Waals surface area contributed by atoms with Crippen molar-refractivity contribution in [1.29, 1.82) is 0 Å². The molecule has 0 unspecified atom stereocenters. The summed E-state index contributed by atoms with van der Waals surface area (Å²) < 4.78 is 0. The zero-order valence-electron chi connectivity index (χ0n) is 12.1. The Hall–Kier alpha value is -0.770. The van der Waals surface area contributed by atoms with E-state index >= 15 is 0 Å². The van der Waals surface area contributed by atoms with Crippen molar-refractivity contribution < 1.29 is 4.79 Å². The van der Waals surface area contributed by atoms with E-state index in [1.54, 1.807) is 0 Å². The van der Waals surface area contributed by atoms with E-state index in [9.17, 15) is 4.79 Å². The predicted molar refractivity (Wildman–Crippen MR) is 77.0 cm³/mol. The van der Waals surface area contributed by atoms with Gasteiger partial charge in [0.05, 0.1) is 0 Å². The van der Waals surface area contributed by atoms with Crippen LogP contribution in [0.25, 0.3) is 0 Å². The fraction of sp³-hybridized carbons (Fsp3) is 0.812. The van der Waals surface area contributed by atoms with Gasteiger partial charge >= 0.3 is 0 Å². The number of hydrogen-bond donors (Lipinski definition) is 0. The molecule has 0 saturated carbocycles. The Bertz CT molecular complexity index is 179. The van der Waals surface area contributed by atoms with E-state index in [1.807, 2.05) is 0 Å². The molecule has 100 valence electrons. The lowest BCUT2D eigenvalue weighted by molar-refractivity contribution is -0.103. The second-order valence-electron chi connectivity index (χ2n) is 4.31. The topological polar surface area (TPSA) is 17.1 Å². The monoisotopic (exact) mass is 238 g/mol. The van der Waals surface area contributed by atoms with Gasteiger partial charge in [-0.15, -0.1) is 0 Å². The maximum atomic E-state index is 9.66. The van der Waals surface area contributed by atoms with Gasteiger partial charge in [-0.25, -0.2) is 0 Å². The van der Waals surface area contributed by atoms with Gasteiger partial charge in [-0.3, -0.25) is 4.79 Å². The molecule has 17 heavy (non-hydrogen) atoms. The summed E-state index contributed by atoms with van der Waals surface area (Å²) in [4.78, 5) is 9.66. The third-order valence-electron chi connectivity index (χ3n) is 2.52. The normalized spacial score (nSPS) is 8.65. The van der Waals surface area contributed by atoms with E-state index in [1.165, 1.54) is 51.4 Å². The molecule has 0 aromatic rings. The van der Waals surface area contributed by atoms with Crippen LogP contribution >= 0.6 is 0 Å². The van der Waals surface area contributed by atoms with Crippen LogP contribution in [0, 0.1) is 11.8 Å². The van der Waals surface area contributed by atoms with Crippen molar-refractivity contribution >= 4 is 6.29 Å². The minimum atomic E-state index is 0.645. The van der Waals surface area contributed by atoms with Crippen molar-refractivity contribution in [2.24, 2.45) is 0 Å². The molecule has 0 atom stereocenters. The Morgan fingerprint density at radius 1 is 0.765 bits per heavy atom. The number of unbranched alkanes of at least 4 members (excludes halogenated alkanes) is 8. The SMILES string of the molecule is CCCCCC#CC=O.CCCCCCCC. The Morgan fingerprint density at radius 2 is 1.24 bits per heavy atom. The summed E-state index contributed by atoms with van der Waals surface area (Å²) in [5, 5.41) is 0. The fourth-order valence-corrected chi connectivity index (χ4v) is 1.43. The molecule has 1 heteroatoms. The van der Waals surface area contributed by atoms with Gasteiger partial charge in [0.25, 0.3) is 0 Å². The van der Waals surface area contributed by atoms with Crippen LogP contribution in [-0.4, -0.2) is 6.29 Å². The highest BCUT2D eigenvalue weighted by atomic mass is 16.1. The lowest BCUT2D eigenvalue weighted by atomic mass is 10.1. The van der Waals surface area contributed by atoms with Crippen LogP contribution in [-0.2, 0) is 4.79 Å². The first kappa shape index (κ1) is 18.6. The van der Waals surface area contributed by atoms with Crippen LogP contribution in [0.15, 0.2) is 0 Å². The number of rotatable bonds is 8. The smallest absolute Gasteiger partial charge is 0.192 e. The lowest BCUT2D eigenvalue weighted by Gasteiger charge is -1.93. The van der Waals surface area contributed by atoms with Gasteiger partial charge in [-0.05, 0) is 12.3 Å². The van der Waals surface area contributed by atoms with Gasteiger partial charge in [0.1, 0.15) is 0 Å². The molecule has 0 aromatic carbocycles. The largest absolute Gasteiger partial charge is 0.289 e. The second kappa shape index (κ2) is 20.6. The third kappa shape index (κ3) is 25.5. The van der Waals surface area contributed by atoms with Crippen LogP contribution in [0.4, 0.5) is 0 Å². The summed E-state index contributed by atoms with van der Waals surface area (Å²) >= 11 is 0. The van der Waals surface area contributed by atoms with Gasteiger partial charge < -0.3 is 0 Å². The van der Waals surface area contributed by atoms with Crippen LogP contribution in [0.5, 0.6) is 0 Å². The zero-order valence-corrected chi connectivity index (χ0v) is 12.1. The van der Waals surface area contributed by atoms with Crippen LogP contribution in [0.1, 0.15) is 85.0 Å². The quantitative estimate of drug-likeness (QED) is 0.325. The van der Waals surface area contributed by atoms with E-state index in [2.05, 4.69) is 32.6 Å². The summed E-state index contributed by atoms with van der Waals surface area (Å²) in [6.45, 7) is 6.66. The first-order chi connectivity index (χ1) is 8.33. The van der Waals surface area contributed by atoms with E-state index in [4.69, 9.17) is 0 Å². The molecule has 0 aliphatic rings. The predicted octanol–water partition coefficient (Wildman–Crippen LogP) is 5.14. The molecular weight excluding hydrogens is 208 g/mol. The molecule has 0 heterocycles. The number of aldehydes is 1. The Balaban J connectivity index is 0. The average molecular weight is 238 g/mol. The Kier molecular flexibility index (Phi) is 22.5. The van der Waals surface area contributed by atoms with Crippen LogP contribution in [0.2, 0.25) is 0 Å². The maximum Gasteiger partial charge on any atom is 0.192 e. The summed E-state index contributed by atoms with van der Waals surface area (Å²) in [7, 11) is 0. The molecule has 0 aliphatic heterocycles. The third-order valence-corrected chi connectivity index (χ3v) is 2.52. The molecule has 0 saturated heterocycles. The van der Waals surface area contributed by atoms with Gasteiger partial charge in [0, 0.05) is 6.42 Å². The Morgan fingerprint density at radius 3 is 1.65 bits per heavy atom. The van der Waals surface area contributed by atoms with E-state index in [-0.39, 0.29) is 0 Å². The number of carbonyl (C=O) groups is 1. The maximum absolute atomic E-state index is 9.66. The molecule has 0 aromatic heterocycles. The molecule has 0 bridgehead atoms. The molecule has 0 N–H and O–H groups in total. The molecule has 0 radical (unpaired) electrons. The van der Waals surface area contributed by atoms with Crippen LogP contribution < -0.4 is 0 Å².